The third kappa shape index (κ3) is 3.12. The third-order valence-corrected chi connectivity index (χ3v) is 2.87. The summed E-state index contributed by atoms with van der Waals surface area (Å²) in [6.07, 6.45) is 1.20. The molecule has 0 aliphatic rings. The zero-order chi connectivity index (χ0) is 13.0. The molecule has 17 heavy (non-hydrogen) atoms. The topological polar surface area (TPSA) is 66.8 Å². The lowest BCUT2D eigenvalue weighted by Gasteiger charge is -2.14. The van der Waals surface area contributed by atoms with Gasteiger partial charge in [-0.1, -0.05) is 0 Å². The second-order valence-corrected chi connectivity index (χ2v) is 4.10. The molecule has 0 radical (unpaired) electrons. The molecule has 1 rings (SSSR count). The Morgan fingerprint density at radius 2 is 2.06 bits per heavy atom. The number of benzene rings is 1. The van der Waals surface area contributed by atoms with Gasteiger partial charge in [0.05, 0.1) is 7.11 Å². The number of carboxylic acid groups (broad SMARTS) is 1. The van der Waals surface area contributed by atoms with Crippen LogP contribution in [0.3, 0.4) is 0 Å². The fourth-order valence-corrected chi connectivity index (χ4v) is 1.87. The van der Waals surface area contributed by atoms with E-state index in [0.717, 1.165) is 11.1 Å². The Balaban J connectivity index is 2.92. The van der Waals surface area contributed by atoms with Gasteiger partial charge in [-0.15, -0.1) is 0 Å². The van der Waals surface area contributed by atoms with Crippen molar-refractivity contribution < 1.29 is 19.7 Å². The van der Waals surface area contributed by atoms with Crippen LogP contribution in [0.2, 0.25) is 0 Å². The van der Waals surface area contributed by atoms with Crippen molar-refractivity contribution in [1.29, 1.82) is 0 Å². The Kier molecular flexibility index (Phi) is 4.37. The summed E-state index contributed by atoms with van der Waals surface area (Å²) in [4.78, 5) is 10.4. The van der Waals surface area contributed by atoms with E-state index in [1.165, 1.54) is 0 Å². The highest BCUT2D eigenvalue weighted by molar-refractivity contribution is 5.66. The lowest BCUT2D eigenvalue weighted by molar-refractivity contribution is -0.137. The van der Waals surface area contributed by atoms with E-state index in [0.29, 0.717) is 24.2 Å². The molecule has 1 aromatic rings. The number of hydrogen-bond donors (Lipinski definition) is 2. The summed E-state index contributed by atoms with van der Waals surface area (Å²) in [6.45, 7) is 3.67. The Morgan fingerprint density at radius 1 is 1.41 bits per heavy atom. The first-order valence-electron chi connectivity index (χ1n) is 5.55. The Morgan fingerprint density at radius 3 is 2.59 bits per heavy atom. The molecule has 0 saturated carbocycles. The Labute approximate surface area is 101 Å². The minimum absolute atomic E-state index is 0.115. The smallest absolute Gasteiger partial charge is 0.303 e. The van der Waals surface area contributed by atoms with Gasteiger partial charge < -0.3 is 14.9 Å². The molecule has 0 heterocycles. The summed E-state index contributed by atoms with van der Waals surface area (Å²) in [6, 6.07) is 1.87. The average molecular weight is 238 g/mol. The van der Waals surface area contributed by atoms with Gasteiger partial charge in [0.1, 0.15) is 11.5 Å². The number of aromatic hydroxyl groups is 1. The van der Waals surface area contributed by atoms with E-state index >= 15 is 0 Å². The van der Waals surface area contributed by atoms with Crippen molar-refractivity contribution in [3.63, 3.8) is 0 Å². The Hall–Kier alpha value is -1.71. The van der Waals surface area contributed by atoms with Crippen LogP contribution in [0.1, 0.15) is 29.5 Å². The Bertz CT molecular complexity index is 424. The van der Waals surface area contributed by atoms with Crippen molar-refractivity contribution in [1.82, 2.24) is 0 Å². The quantitative estimate of drug-likeness (QED) is 0.826. The molecule has 94 valence electrons. The highest BCUT2D eigenvalue weighted by atomic mass is 16.5. The summed E-state index contributed by atoms with van der Waals surface area (Å²) in [5.74, 6) is 0.0570. The number of carboxylic acids is 1. The zero-order valence-electron chi connectivity index (χ0n) is 10.4. The van der Waals surface area contributed by atoms with Crippen LogP contribution in [0, 0.1) is 13.8 Å². The van der Waals surface area contributed by atoms with Crippen molar-refractivity contribution >= 4 is 5.97 Å². The number of hydrogen-bond acceptors (Lipinski definition) is 3. The summed E-state index contributed by atoms with van der Waals surface area (Å²) in [5.41, 5.74) is 2.43. The first-order valence-corrected chi connectivity index (χ1v) is 5.55. The highest BCUT2D eigenvalue weighted by Gasteiger charge is 2.13. The molecular weight excluding hydrogens is 220 g/mol. The second kappa shape index (κ2) is 5.57. The molecule has 0 spiro atoms. The molecule has 0 bridgehead atoms. The minimum atomic E-state index is -0.813. The standard InChI is InChI=1S/C13H18O4/c1-8-7-11(17-3)9(2)13(16)10(8)5-4-6-12(14)15/h7,16H,4-6H2,1-3H3,(H,14,15). The first-order chi connectivity index (χ1) is 7.97. The molecule has 4 nitrogen and oxygen atoms in total. The normalized spacial score (nSPS) is 10.3. The molecule has 0 saturated heterocycles. The molecule has 4 heteroatoms. The van der Waals surface area contributed by atoms with E-state index in [4.69, 9.17) is 9.84 Å². The number of aryl methyl sites for hydroxylation is 1. The number of phenols is 1. The van der Waals surface area contributed by atoms with Crippen LogP contribution in [0.5, 0.6) is 11.5 Å². The van der Waals surface area contributed by atoms with E-state index in [9.17, 15) is 9.90 Å². The first kappa shape index (κ1) is 13.4. The predicted octanol–water partition coefficient (Wildman–Crippen LogP) is 2.42. The van der Waals surface area contributed by atoms with Crippen molar-refractivity contribution in [2.24, 2.45) is 0 Å². The number of ether oxygens (including phenoxy) is 1. The van der Waals surface area contributed by atoms with Crippen LogP contribution < -0.4 is 4.74 Å². The van der Waals surface area contributed by atoms with Gasteiger partial charge in [0.25, 0.3) is 0 Å². The van der Waals surface area contributed by atoms with Crippen LogP contribution in [0.15, 0.2) is 6.07 Å². The van der Waals surface area contributed by atoms with Gasteiger partial charge in [0, 0.05) is 12.0 Å². The third-order valence-electron chi connectivity index (χ3n) is 2.87. The summed E-state index contributed by atoms with van der Waals surface area (Å²) in [7, 11) is 1.56. The van der Waals surface area contributed by atoms with E-state index in [1.807, 2.05) is 13.0 Å². The van der Waals surface area contributed by atoms with Gasteiger partial charge >= 0.3 is 5.97 Å². The van der Waals surface area contributed by atoms with E-state index in [-0.39, 0.29) is 12.2 Å². The van der Waals surface area contributed by atoms with Crippen molar-refractivity contribution in [2.45, 2.75) is 33.1 Å². The van der Waals surface area contributed by atoms with E-state index in [2.05, 4.69) is 0 Å². The lowest BCUT2D eigenvalue weighted by atomic mass is 9.98. The molecular formula is C13H18O4. The van der Waals surface area contributed by atoms with Gasteiger partial charge in [-0.3, -0.25) is 4.79 Å². The minimum Gasteiger partial charge on any atom is -0.507 e. The SMILES string of the molecule is COc1cc(C)c(CCCC(=O)O)c(O)c1C. The number of carbonyl (C=O) groups is 1. The molecule has 0 fully saturated rings. The molecule has 0 aromatic heterocycles. The second-order valence-electron chi connectivity index (χ2n) is 4.10. The number of methoxy groups -OCH3 is 1. The molecule has 0 aliphatic carbocycles. The summed E-state index contributed by atoms with van der Waals surface area (Å²) in [5, 5.41) is 18.6. The fourth-order valence-electron chi connectivity index (χ4n) is 1.87. The van der Waals surface area contributed by atoms with Crippen molar-refractivity contribution in [3.8, 4) is 11.5 Å². The molecule has 0 unspecified atom stereocenters. The average Bonchev–Trinajstić information content (AvgIpc) is 2.27. The monoisotopic (exact) mass is 238 g/mol. The van der Waals surface area contributed by atoms with Gasteiger partial charge in [0.2, 0.25) is 0 Å². The molecule has 2 N–H and O–H groups in total. The van der Waals surface area contributed by atoms with Gasteiger partial charge in [-0.05, 0) is 43.9 Å². The number of aliphatic carboxylic acids is 1. The highest BCUT2D eigenvalue weighted by Crippen LogP contribution is 2.34. The molecule has 0 aliphatic heterocycles. The van der Waals surface area contributed by atoms with Crippen LogP contribution in [-0.4, -0.2) is 23.3 Å². The van der Waals surface area contributed by atoms with Crippen LogP contribution >= 0.6 is 0 Å². The van der Waals surface area contributed by atoms with Crippen LogP contribution in [-0.2, 0) is 11.2 Å². The largest absolute Gasteiger partial charge is 0.507 e. The van der Waals surface area contributed by atoms with Gasteiger partial charge in [0.15, 0.2) is 0 Å². The predicted molar refractivity (Wildman–Crippen MR) is 64.7 cm³/mol. The maximum absolute atomic E-state index is 10.4. The molecule has 0 amide bonds. The van der Waals surface area contributed by atoms with E-state index < -0.39 is 5.97 Å². The van der Waals surface area contributed by atoms with Gasteiger partial charge in [-0.2, -0.15) is 0 Å². The van der Waals surface area contributed by atoms with Crippen molar-refractivity contribution in [2.75, 3.05) is 7.11 Å². The number of phenolic OH excluding ortho intramolecular Hbond substituents is 1. The summed E-state index contributed by atoms with van der Waals surface area (Å²) < 4.78 is 5.15. The summed E-state index contributed by atoms with van der Waals surface area (Å²) >= 11 is 0. The fraction of sp³-hybridized carbons (Fsp3) is 0.462. The zero-order valence-corrected chi connectivity index (χ0v) is 10.4. The molecule has 1 aromatic carbocycles. The lowest BCUT2D eigenvalue weighted by Crippen LogP contribution is -1.99. The van der Waals surface area contributed by atoms with E-state index in [1.54, 1.807) is 14.0 Å². The van der Waals surface area contributed by atoms with Crippen molar-refractivity contribution in [3.05, 3.63) is 22.8 Å². The number of rotatable bonds is 5. The maximum Gasteiger partial charge on any atom is 0.303 e. The van der Waals surface area contributed by atoms with Crippen LogP contribution in [0.4, 0.5) is 0 Å². The molecule has 0 atom stereocenters. The van der Waals surface area contributed by atoms with Gasteiger partial charge in [-0.25, -0.2) is 0 Å². The maximum atomic E-state index is 10.4. The van der Waals surface area contributed by atoms with Crippen LogP contribution in [0.25, 0.3) is 0 Å².